The number of hydrogen-bond donors (Lipinski definition) is 1. The van der Waals surface area contributed by atoms with E-state index in [0.717, 1.165) is 128 Å². The normalized spacial score (nSPS) is 14.0. The third-order valence-corrected chi connectivity index (χ3v) is 17.2. The van der Waals surface area contributed by atoms with Crippen molar-refractivity contribution >= 4 is 77.6 Å². The quantitative estimate of drug-likeness (QED) is 0.0554. The maximum Gasteiger partial charge on any atom is 0.331 e. The van der Waals surface area contributed by atoms with Crippen LogP contribution in [0.1, 0.15) is 94.3 Å². The average Bonchev–Trinajstić information content (AvgIpc) is 3.72. The van der Waals surface area contributed by atoms with Gasteiger partial charge < -0.3 is 13.3 Å². The molecule has 3 fully saturated rings. The third-order valence-electron chi connectivity index (χ3n) is 16.9. The van der Waals surface area contributed by atoms with Crippen molar-refractivity contribution in [3.05, 3.63) is 189 Å². The minimum Gasteiger partial charge on any atom is -0.461 e. The fraction of sp³-hybridized carbons (Fsp3) is 0.409. The molecule has 3 saturated carbocycles. The predicted molar refractivity (Wildman–Crippen MR) is 340 cm³/mol. The van der Waals surface area contributed by atoms with Crippen LogP contribution in [0, 0.1) is 17.8 Å². The van der Waals surface area contributed by atoms with Crippen molar-refractivity contribution in [1.82, 2.24) is 57.2 Å². The number of furan rings is 3. The number of halogens is 1. The summed E-state index contributed by atoms with van der Waals surface area (Å²) in [5, 5.41) is 16.3. The molecule has 0 radical (unpaired) electrons. The Kier molecular flexibility index (Phi) is 17.6. The van der Waals surface area contributed by atoms with Gasteiger partial charge in [-0.05, 0) is 131 Å². The molecule has 0 atom stereocenters. The van der Waals surface area contributed by atoms with Crippen LogP contribution < -0.4 is 33.7 Å². The summed E-state index contributed by atoms with van der Waals surface area (Å²) >= 11 is 5.62. The van der Waals surface area contributed by atoms with E-state index in [2.05, 4.69) is 44.5 Å². The number of nitrogens with zero attached hydrogens (tertiary/aromatic N) is 11. The predicted octanol–water partition coefficient (Wildman–Crippen LogP) is 9.98. The van der Waals surface area contributed by atoms with Crippen molar-refractivity contribution in [1.29, 1.82) is 0 Å². The second kappa shape index (κ2) is 26.2. The Bertz CT molecular complexity index is 4530. The van der Waals surface area contributed by atoms with E-state index in [1.165, 1.54) is 66.7 Å². The smallest absolute Gasteiger partial charge is 0.331 e. The van der Waals surface area contributed by atoms with Crippen LogP contribution in [0.3, 0.4) is 0 Å². The number of nitrogens with one attached hydrogen (secondary N) is 1. The molecule has 3 aromatic carbocycles. The van der Waals surface area contributed by atoms with E-state index >= 15 is 0 Å². The van der Waals surface area contributed by atoms with Crippen molar-refractivity contribution in [2.24, 2.45) is 38.9 Å². The van der Waals surface area contributed by atoms with E-state index in [0.29, 0.717) is 63.9 Å². The molecule has 1 N–H and O–H groups in total. The summed E-state index contributed by atoms with van der Waals surface area (Å²) in [5.41, 5.74) is 4.37. The zero-order valence-corrected chi connectivity index (χ0v) is 50.7. The van der Waals surface area contributed by atoms with Gasteiger partial charge in [0.1, 0.15) is 34.0 Å². The van der Waals surface area contributed by atoms with Gasteiger partial charge >= 0.3 is 17.1 Å². The molecule has 3 aliphatic rings. The van der Waals surface area contributed by atoms with Gasteiger partial charge in [0.2, 0.25) is 0 Å². The number of aromatic amines is 1. The minimum absolute atomic E-state index is 0.231. The number of benzene rings is 3. The summed E-state index contributed by atoms with van der Waals surface area (Å²) in [6, 6.07) is 30.2. The van der Waals surface area contributed by atoms with Crippen LogP contribution in [0.25, 0.3) is 66.0 Å². The van der Waals surface area contributed by atoms with Crippen molar-refractivity contribution in [2.45, 2.75) is 129 Å². The number of rotatable bonds is 20. The monoisotopic (exact) mass is 1210 g/mol. The lowest BCUT2D eigenvalue weighted by Crippen LogP contribution is -2.39. The van der Waals surface area contributed by atoms with Crippen molar-refractivity contribution in [3.8, 4) is 0 Å². The number of unbranched alkanes of at least 4 members (excludes halogenated alkanes) is 3. The molecule has 15 rings (SSSR count). The first-order chi connectivity index (χ1) is 42.8. The molecule has 0 aliphatic heterocycles. The maximum atomic E-state index is 13.0. The minimum atomic E-state index is -0.400. The average molecular weight is 1210 g/mol. The molecule has 12 aromatic rings. The van der Waals surface area contributed by atoms with E-state index in [4.69, 9.17) is 24.9 Å². The van der Waals surface area contributed by atoms with Gasteiger partial charge in [0.25, 0.3) is 16.7 Å². The summed E-state index contributed by atoms with van der Waals surface area (Å²) in [4.78, 5) is 76.8. The Hall–Kier alpha value is -8.98. The second-order valence-corrected chi connectivity index (χ2v) is 24.1. The number of fused-ring (bicyclic) bond motifs is 6. The summed E-state index contributed by atoms with van der Waals surface area (Å²) < 4.78 is 29.8. The number of para-hydroxylation sites is 3. The van der Waals surface area contributed by atoms with Crippen molar-refractivity contribution in [2.75, 3.05) is 5.88 Å². The fourth-order valence-corrected chi connectivity index (χ4v) is 11.5. The molecule has 22 heteroatoms. The molecule has 9 heterocycles. The topological polar surface area (TPSA) is 236 Å². The van der Waals surface area contributed by atoms with Crippen LogP contribution >= 0.6 is 11.6 Å². The summed E-state index contributed by atoms with van der Waals surface area (Å²) in [6.07, 6.45) is 19.8. The highest BCUT2D eigenvalue weighted by Crippen LogP contribution is 2.33. The van der Waals surface area contributed by atoms with Crippen LogP contribution in [-0.4, -0.2) is 63.0 Å². The van der Waals surface area contributed by atoms with Gasteiger partial charge in [0.15, 0.2) is 16.6 Å². The Morgan fingerprint density at radius 2 is 0.818 bits per heavy atom. The van der Waals surface area contributed by atoms with Gasteiger partial charge in [-0.25, -0.2) is 14.4 Å². The second-order valence-electron chi connectivity index (χ2n) is 23.7. The zero-order valence-electron chi connectivity index (χ0n) is 49.9. The van der Waals surface area contributed by atoms with Crippen LogP contribution in [-0.2, 0) is 73.1 Å². The standard InChI is InChI=1S/2C22H24N4O3.C12H13ClO.C10H12N4O2/c2*1-24-18-13-23-26(14-15-9-10-15)20(18)21(27)25(22(24)28)11-5-4-7-17-12-16-6-2-3-8-19(16)29-17;13-8-4-3-6-11-9-10-5-1-2-7-12(10)14-11;1-13-7-4-11-14(5-6-2-3-6)8(7)9(15)12-10(13)16/h2*2-3,6,8,12-13,15H,4-5,7,9-11,14H2,1H3;1-2,5,7,9H,3-4,6,8H2;4,6H,2-3,5H2,1H3,(H,12,15,16). The van der Waals surface area contributed by atoms with Gasteiger partial charge in [0.05, 0.1) is 35.1 Å². The number of aryl methyl sites for hydroxylation is 6. The number of alkyl halides is 1. The maximum absolute atomic E-state index is 13.0. The zero-order chi connectivity index (χ0) is 61.0. The lowest BCUT2D eigenvalue weighted by molar-refractivity contribution is 0.505. The number of hydrogen-bond acceptors (Lipinski definition) is 12. The highest BCUT2D eigenvalue weighted by Gasteiger charge is 2.27. The molecule has 9 aromatic heterocycles. The Labute approximate surface area is 509 Å². The van der Waals surface area contributed by atoms with E-state index in [1.54, 1.807) is 53.8 Å². The molecular formula is C66H73ClN12O9. The van der Waals surface area contributed by atoms with Gasteiger partial charge in [-0.1, -0.05) is 54.6 Å². The first kappa shape index (κ1) is 59.4. The number of H-pyrrole nitrogens is 1. The summed E-state index contributed by atoms with van der Waals surface area (Å²) in [5.74, 6) is 5.52. The largest absolute Gasteiger partial charge is 0.461 e. The first-order valence-electron chi connectivity index (χ1n) is 30.7. The lowest BCUT2D eigenvalue weighted by atomic mass is 10.2. The summed E-state index contributed by atoms with van der Waals surface area (Å²) in [6.45, 7) is 3.07. The summed E-state index contributed by atoms with van der Waals surface area (Å²) in [7, 11) is 5.04. The van der Waals surface area contributed by atoms with Crippen molar-refractivity contribution < 1.29 is 13.3 Å². The van der Waals surface area contributed by atoms with Crippen LogP contribution in [0.2, 0.25) is 0 Å². The molecule has 3 aliphatic carbocycles. The Balaban J connectivity index is 0.000000120. The van der Waals surface area contributed by atoms with Crippen LogP contribution in [0.5, 0.6) is 0 Å². The van der Waals surface area contributed by atoms with E-state index in [1.807, 2.05) is 66.7 Å². The molecule has 0 unspecified atom stereocenters. The van der Waals surface area contributed by atoms with Crippen LogP contribution in [0.4, 0.5) is 0 Å². The van der Waals surface area contributed by atoms with E-state index in [-0.39, 0.29) is 28.1 Å². The SMILES string of the molecule is ClCCCCc1cc2ccccc2o1.Cn1c(=O)[nH]c(=O)c2c1cnn2CC1CC1.Cn1c(=O)n(CCCCc2cc3ccccc3o2)c(=O)c2c1cnn2CC1CC1.Cn1c(=O)n(CCCCc2cc3ccccc3o2)c(=O)c2c1cnn2CC1CC1. The molecular weight excluding hydrogens is 1140 g/mol. The molecule has 88 heavy (non-hydrogen) atoms. The first-order valence-corrected chi connectivity index (χ1v) is 31.3. The molecule has 458 valence electrons. The molecule has 0 saturated heterocycles. The number of aromatic nitrogens is 12. The van der Waals surface area contributed by atoms with E-state index < -0.39 is 5.69 Å². The molecule has 0 spiro atoms. The molecule has 21 nitrogen and oxygen atoms in total. The third kappa shape index (κ3) is 13.3. The Morgan fingerprint density at radius 1 is 0.466 bits per heavy atom. The van der Waals surface area contributed by atoms with Crippen molar-refractivity contribution in [3.63, 3.8) is 0 Å². The van der Waals surface area contributed by atoms with Gasteiger partial charge in [-0.2, -0.15) is 15.3 Å². The fourth-order valence-electron chi connectivity index (χ4n) is 11.3. The lowest BCUT2D eigenvalue weighted by Gasteiger charge is -2.09. The van der Waals surface area contributed by atoms with Gasteiger partial charge in [-0.15, -0.1) is 11.6 Å². The van der Waals surface area contributed by atoms with E-state index in [9.17, 15) is 28.8 Å². The highest BCUT2D eigenvalue weighted by atomic mass is 35.5. The van der Waals surface area contributed by atoms with Crippen LogP contribution in [0.15, 0.2) is 152 Å². The van der Waals surface area contributed by atoms with Gasteiger partial charge in [-0.3, -0.25) is 56.2 Å². The Morgan fingerprint density at radius 3 is 1.18 bits per heavy atom. The highest BCUT2D eigenvalue weighted by molar-refractivity contribution is 6.17. The molecule has 0 bridgehead atoms. The van der Waals surface area contributed by atoms with Gasteiger partial charge in [0, 0.05) is 95.2 Å². The molecule has 0 amide bonds.